The molecule has 0 saturated carbocycles. The van der Waals surface area contributed by atoms with Crippen LogP contribution in [0.1, 0.15) is 41.8 Å². The molecule has 0 radical (unpaired) electrons. The Morgan fingerprint density at radius 2 is 1.86 bits per heavy atom. The van der Waals surface area contributed by atoms with Gasteiger partial charge in [0.25, 0.3) is 0 Å². The minimum Gasteiger partial charge on any atom is -0.462 e. The van der Waals surface area contributed by atoms with Gasteiger partial charge in [-0.05, 0) is 75.5 Å². The summed E-state index contributed by atoms with van der Waals surface area (Å²) >= 11 is 0. The van der Waals surface area contributed by atoms with Gasteiger partial charge in [-0.15, -0.1) is 0 Å². The van der Waals surface area contributed by atoms with Crippen molar-refractivity contribution < 1.29 is 13.9 Å². The molecule has 0 aromatic heterocycles. The van der Waals surface area contributed by atoms with Crippen molar-refractivity contribution in [1.82, 2.24) is 0 Å². The van der Waals surface area contributed by atoms with Crippen molar-refractivity contribution >= 4 is 22.6 Å². The zero-order valence-electron chi connectivity index (χ0n) is 20.9. The van der Waals surface area contributed by atoms with Crippen LogP contribution in [0.3, 0.4) is 0 Å². The van der Waals surface area contributed by atoms with Gasteiger partial charge >= 0.3 is 5.97 Å². The Morgan fingerprint density at radius 3 is 2.60 bits per heavy atom. The Labute approximate surface area is 206 Å². The van der Waals surface area contributed by atoms with Crippen LogP contribution in [0.25, 0.3) is 33.4 Å². The van der Waals surface area contributed by atoms with Gasteiger partial charge in [0.15, 0.2) is 0 Å². The quantitative estimate of drug-likeness (QED) is 0.196. The first-order valence-corrected chi connectivity index (χ1v) is 12.2. The van der Waals surface area contributed by atoms with Gasteiger partial charge in [0.2, 0.25) is 0 Å². The Kier molecular flexibility index (Phi) is 7.51. The standard InChI is InChI=1S/C29H33N3O3/c1-5-31-24-16-26-22(14-18(24)3)28(23-15-19(4)25(32-6-2)17-27(23)35-26)20-10-7-8-11-21(20)29(33)34-13-9-12-30/h7-8,10-11,14-17,31H,5-6,9,12-13,30H2,1-4H3. The van der Waals surface area contributed by atoms with Crippen LogP contribution in [0.2, 0.25) is 0 Å². The molecule has 0 atom stereocenters. The second-order valence-electron chi connectivity index (χ2n) is 8.60. The second kappa shape index (κ2) is 10.7. The fourth-order valence-electron chi connectivity index (χ4n) is 4.41. The van der Waals surface area contributed by atoms with Crippen LogP contribution in [0, 0.1) is 13.8 Å². The molecule has 1 aliphatic heterocycles. The maximum absolute atomic E-state index is 13.1. The third kappa shape index (κ3) is 4.93. The molecule has 2 aromatic rings. The first-order chi connectivity index (χ1) is 17.0. The minimum absolute atomic E-state index is 0.293. The predicted molar refractivity (Wildman–Crippen MR) is 142 cm³/mol. The zero-order chi connectivity index (χ0) is 24.9. The molecule has 0 fully saturated rings. The highest BCUT2D eigenvalue weighted by Gasteiger charge is 2.23. The molecule has 35 heavy (non-hydrogen) atoms. The van der Waals surface area contributed by atoms with E-state index in [2.05, 4.69) is 43.2 Å². The molecule has 182 valence electrons. The highest BCUT2D eigenvalue weighted by atomic mass is 16.5. The highest BCUT2D eigenvalue weighted by Crippen LogP contribution is 2.43. The molecule has 2 aromatic carbocycles. The molecule has 1 heterocycles. The molecular weight excluding hydrogens is 438 g/mol. The van der Waals surface area contributed by atoms with Crippen molar-refractivity contribution in [1.29, 1.82) is 0 Å². The topological polar surface area (TPSA) is 89.8 Å². The first-order valence-electron chi connectivity index (χ1n) is 12.2. The van der Waals surface area contributed by atoms with Gasteiger partial charge in [0.05, 0.1) is 17.5 Å². The number of hydrogen-bond donors (Lipinski definition) is 2. The number of ether oxygens (including phenoxy) is 1. The van der Waals surface area contributed by atoms with E-state index >= 15 is 0 Å². The number of fused-ring (bicyclic) bond motifs is 2. The van der Waals surface area contributed by atoms with E-state index in [9.17, 15) is 4.79 Å². The maximum atomic E-state index is 13.1. The fourth-order valence-corrected chi connectivity index (χ4v) is 4.41. The van der Waals surface area contributed by atoms with Crippen LogP contribution >= 0.6 is 0 Å². The molecule has 3 N–H and O–H groups in total. The van der Waals surface area contributed by atoms with E-state index in [-0.39, 0.29) is 5.97 Å². The minimum atomic E-state index is -0.355. The molecule has 2 aliphatic rings. The van der Waals surface area contributed by atoms with Crippen LogP contribution in [0.15, 0.2) is 57.9 Å². The van der Waals surface area contributed by atoms with Crippen molar-refractivity contribution in [3.05, 3.63) is 70.6 Å². The summed E-state index contributed by atoms with van der Waals surface area (Å²) in [4.78, 5) is 17.7. The number of anilines is 1. The van der Waals surface area contributed by atoms with Gasteiger partial charge in [0, 0.05) is 47.4 Å². The summed E-state index contributed by atoms with van der Waals surface area (Å²) in [5.41, 5.74) is 12.7. The van der Waals surface area contributed by atoms with Gasteiger partial charge < -0.3 is 20.2 Å². The predicted octanol–water partition coefficient (Wildman–Crippen LogP) is 5.68. The summed E-state index contributed by atoms with van der Waals surface area (Å²) in [6.45, 7) is 10.5. The summed E-state index contributed by atoms with van der Waals surface area (Å²) in [5.74, 6) is 0.370. The lowest BCUT2D eigenvalue weighted by Crippen LogP contribution is -2.12. The summed E-state index contributed by atoms with van der Waals surface area (Å²) < 4.78 is 12.0. The van der Waals surface area contributed by atoms with Gasteiger partial charge in [0.1, 0.15) is 11.3 Å². The molecule has 0 saturated heterocycles. The highest BCUT2D eigenvalue weighted by molar-refractivity contribution is 6.08. The number of nitrogens with one attached hydrogen (secondary N) is 1. The molecule has 6 nitrogen and oxygen atoms in total. The monoisotopic (exact) mass is 471 g/mol. The molecule has 0 unspecified atom stereocenters. The normalized spacial score (nSPS) is 11.9. The van der Waals surface area contributed by atoms with Crippen molar-refractivity contribution in [3.8, 4) is 22.5 Å². The molecule has 0 bridgehead atoms. The summed E-state index contributed by atoms with van der Waals surface area (Å²) in [6, 6.07) is 15.9. The van der Waals surface area contributed by atoms with E-state index in [0.29, 0.717) is 31.7 Å². The van der Waals surface area contributed by atoms with Crippen molar-refractivity contribution in [3.63, 3.8) is 0 Å². The number of benzene rings is 3. The van der Waals surface area contributed by atoms with Crippen LogP contribution in [0.5, 0.6) is 0 Å². The van der Waals surface area contributed by atoms with Gasteiger partial charge in [-0.1, -0.05) is 18.2 Å². The third-order valence-corrected chi connectivity index (χ3v) is 6.08. The molecule has 0 spiro atoms. The molecule has 0 amide bonds. The largest absolute Gasteiger partial charge is 0.462 e. The van der Waals surface area contributed by atoms with Gasteiger partial charge in [-0.25, -0.2) is 4.79 Å². The van der Waals surface area contributed by atoms with Crippen LogP contribution in [-0.4, -0.2) is 32.2 Å². The van der Waals surface area contributed by atoms with Gasteiger partial charge in [-0.3, -0.25) is 4.99 Å². The Hall–Kier alpha value is -3.64. The van der Waals surface area contributed by atoms with E-state index in [1.165, 1.54) is 0 Å². The van der Waals surface area contributed by atoms with Crippen molar-refractivity contribution in [2.24, 2.45) is 10.7 Å². The van der Waals surface area contributed by atoms with Crippen molar-refractivity contribution in [2.45, 2.75) is 34.1 Å². The lowest BCUT2D eigenvalue weighted by atomic mass is 9.89. The lowest BCUT2D eigenvalue weighted by molar-refractivity contribution is 0.0504. The zero-order valence-corrected chi connectivity index (χ0v) is 20.9. The Morgan fingerprint density at radius 1 is 1.06 bits per heavy atom. The number of aryl methyl sites for hydroxylation is 2. The smallest absolute Gasteiger partial charge is 0.338 e. The van der Waals surface area contributed by atoms with Crippen LogP contribution < -0.4 is 16.4 Å². The number of hydrogen-bond acceptors (Lipinski definition) is 6. The van der Waals surface area contributed by atoms with E-state index < -0.39 is 0 Å². The SMILES string of the molecule is CCN=c1cc2oc3cc(NCC)c(C)cc3c(-c3ccccc3C(=O)OCCCN)c-2cc1C. The Bertz CT molecular complexity index is 1400. The third-order valence-electron chi connectivity index (χ3n) is 6.08. The first kappa shape index (κ1) is 24.5. The molecule has 1 aliphatic carbocycles. The van der Waals surface area contributed by atoms with E-state index in [1.807, 2.05) is 43.3 Å². The van der Waals surface area contributed by atoms with Gasteiger partial charge in [-0.2, -0.15) is 0 Å². The average molecular weight is 472 g/mol. The number of nitrogens with zero attached hydrogens (tertiary/aromatic N) is 1. The van der Waals surface area contributed by atoms with Crippen LogP contribution in [-0.2, 0) is 4.74 Å². The van der Waals surface area contributed by atoms with Crippen LogP contribution in [0.4, 0.5) is 5.69 Å². The lowest BCUT2D eigenvalue weighted by Gasteiger charge is -2.19. The maximum Gasteiger partial charge on any atom is 0.338 e. The molecular formula is C29H33N3O3. The fraction of sp³-hybridized carbons (Fsp3) is 0.310. The van der Waals surface area contributed by atoms with E-state index in [1.54, 1.807) is 0 Å². The summed E-state index contributed by atoms with van der Waals surface area (Å²) in [5, 5.41) is 5.26. The van der Waals surface area contributed by atoms with E-state index in [4.69, 9.17) is 14.9 Å². The second-order valence-corrected chi connectivity index (χ2v) is 8.60. The average Bonchev–Trinajstić information content (AvgIpc) is 2.85. The number of rotatable bonds is 8. The summed E-state index contributed by atoms with van der Waals surface area (Å²) in [7, 11) is 0. The number of carbonyl (C=O) groups excluding carboxylic acids is 1. The van der Waals surface area contributed by atoms with E-state index in [0.717, 1.165) is 62.1 Å². The number of nitrogens with two attached hydrogens (primary N) is 1. The summed E-state index contributed by atoms with van der Waals surface area (Å²) in [6.07, 6.45) is 0.624. The number of esters is 1. The van der Waals surface area contributed by atoms with Crippen molar-refractivity contribution in [2.75, 3.05) is 31.6 Å². The molecule has 4 rings (SSSR count). The number of carbonyl (C=O) groups is 1. The molecule has 6 heteroatoms. The Balaban J connectivity index is 2.06.